The number of fused-ring (bicyclic) bond motifs is 1. The Hall–Kier alpha value is -1.78. The standard InChI is InChI=1S/C16H21N5O3S2/c1-10-19-20-15(26-10)17-13(23)9-25-14-11-5-2-3-6-12(11)21(7-4-8-22)16(24)18-14/h22H,2-9H2,1H3,(H,17,20,23). The van der Waals surface area contributed by atoms with Crippen molar-refractivity contribution in [2.45, 2.75) is 50.6 Å². The van der Waals surface area contributed by atoms with E-state index in [4.69, 9.17) is 5.11 Å². The summed E-state index contributed by atoms with van der Waals surface area (Å²) in [6, 6.07) is 0. The number of rotatable bonds is 7. The SMILES string of the molecule is Cc1nnc(NC(=O)CSc2nc(=O)n(CCCO)c3c2CCCC3)s1. The second-order valence-corrected chi connectivity index (χ2v) is 8.17. The van der Waals surface area contributed by atoms with Crippen molar-refractivity contribution >= 4 is 34.1 Å². The van der Waals surface area contributed by atoms with Gasteiger partial charge in [-0.05, 0) is 39.0 Å². The van der Waals surface area contributed by atoms with Crippen LogP contribution in [-0.2, 0) is 24.2 Å². The second-order valence-electron chi connectivity index (χ2n) is 6.02. The molecule has 1 aliphatic carbocycles. The van der Waals surface area contributed by atoms with Gasteiger partial charge in [-0.15, -0.1) is 10.2 Å². The van der Waals surface area contributed by atoms with Crippen molar-refractivity contribution in [2.24, 2.45) is 0 Å². The number of hydrogen-bond donors (Lipinski definition) is 2. The number of anilines is 1. The lowest BCUT2D eigenvalue weighted by atomic mass is 9.97. The van der Waals surface area contributed by atoms with E-state index in [0.29, 0.717) is 23.1 Å². The Balaban J connectivity index is 1.74. The number of nitrogens with zero attached hydrogens (tertiary/aromatic N) is 4. The molecule has 0 saturated heterocycles. The highest BCUT2D eigenvalue weighted by atomic mass is 32.2. The lowest BCUT2D eigenvalue weighted by molar-refractivity contribution is -0.113. The maximum atomic E-state index is 12.4. The highest BCUT2D eigenvalue weighted by Crippen LogP contribution is 2.28. The molecule has 140 valence electrons. The predicted octanol–water partition coefficient (Wildman–Crippen LogP) is 1.40. The summed E-state index contributed by atoms with van der Waals surface area (Å²) in [5.74, 6) is -0.0278. The number of aryl methyl sites for hydroxylation is 1. The van der Waals surface area contributed by atoms with Crippen LogP contribution in [0.15, 0.2) is 9.82 Å². The summed E-state index contributed by atoms with van der Waals surface area (Å²) in [6.07, 6.45) is 4.32. The minimum atomic E-state index is -0.304. The molecule has 2 aromatic rings. The minimum Gasteiger partial charge on any atom is -0.396 e. The van der Waals surface area contributed by atoms with Crippen LogP contribution >= 0.6 is 23.1 Å². The van der Waals surface area contributed by atoms with E-state index in [9.17, 15) is 9.59 Å². The smallest absolute Gasteiger partial charge is 0.348 e. The highest BCUT2D eigenvalue weighted by Gasteiger charge is 2.21. The third kappa shape index (κ3) is 4.49. The molecule has 10 heteroatoms. The van der Waals surface area contributed by atoms with Gasteiger partial charge in [0.1, 0.15) is 10.0 Å². The van der Waals surface area contributed by atoms with E-state index in [1.807, 2.05) is 6.92 Å². The van der Waals surface area contributed by atoms with Crippen LogP contribution in [0.2, 0.25) is 0 Å². The van der Waals surface area contributed by atoms with Gasteiger partial charge in [-0.3, -0.25) is 14.7 Å². The number of thioether (sulfide) groups is 1. The number of amides is 1. The molecule has 0 fully saturated rings. The van der Waals surface area contributed by atoms with Crippen LogP contribution in [0.5, 0.6) is 0 Å². The molecular weight excluding hydrogens is 374 g/mol. The van der Waals surface area contributed by atoms with Crippen LogP contribution in [0.4, 0.5) is 5.13 Å². The molecule has 0 atom stereocenters. The quantitative estimate of drug-likeness (QED) is 0.538. The average Bonchev–Trinajstić information content (AvgIpc) is 3.04. The first-order chi connectivity index (χ1) is 12.6. The number of carbonyl (C=O) groups is 1. The Morgan fingerprint density at radius 1 is 1.35 bits per heavy atom. The maximum Gasteiger partial charge on any atom is 0.348 e. The van der Waals surface area contributed by atoms with Gasteiger partial charge in [0.2, 0.25) is 11.0 Å². The van der Waals surface area contributed by atoms with Crippen LogP contribution in [0.25, 0.3) is 0 Å². The number of hydrogen-bond acceptors (Lipinski definition) is 8. The minimum absolute atomic E-state index is 0.0446. The van der Waals surface area contributed by atoms with E-state index in [2.05, 4.69) is 20.5 Å². The lowest BCUT2D eigenvalue weighted by Crippen LogP contribution is -2.30. The highest BCUT2D eigenvalue weighted by molar-refractivity contribution is 8.00. The molecule has 0 spiro atoms. The van der Waals surface area contributed by atoms with Crippen LogP contribution < -0.4 is 11.0 Å². The number of carbonyl (C=O) groups excluding carboxylic acids is 1. The number of aliphatic hydroxyl groups excluding tert-OH is 1. The summed E-state index contributed by atoms with van der Waals surface area (Å²) in [5, 5.41) is 21.4. The summed E-state index contributed by atoms with van der Waals surface area (Å²) < 4.78 is 1.68. The van der Waals surface area contributed by atoms with Gasteiger partial charge < -0.3 is 5.11 Å². The van der Waals surface area contributed by atoms with Crippen molar-refractivity contribution in [3.63, 3.8) is 0 Å². The summed E-state index contributed by atoms with van der Waals surface area (Å²) in [5.41, 5.74) is 1.77. The Bertz CT molecular complexity index is 849. The van der Waals surface area contributed by atoms with E-state index in [1.54, 1.807) is 4.57 Å². The molecule has 2 aromatic heterocycles. The monoisotopic (exact) mass is 395 g/mol. The van der Waals surface area contributed by atoms with Crippen molar-refractivity contribution in [3.05, 3.63) is 26.7 Å². The normalized spacial score (nSPS) is 13.5. The second kappa shape index (κ2) is 8.74. The zero-order chi connectivity index (χ0) is 18.5. The van der Waals surface area contributed by atoms with Gasteiger partial charge in [-0.1, -0.05) is 23.1 Å². The average molecular weight is 396 g/mol. The van der Waals surface area contributed by atoms with Crippen molar-refractivity contribution in [2.75, 3.05) is 17.7 Å². The van der Waals surface area contributed by atoms with Crippen molar-refractivity contribution in [1.29, 1.82) is 0 Å². The van der Waals surface area contributed by atoms with Gasteiger partial charge >= 0.3 is 5.69 Å². The van der Waals surface area contributed by atoms with E-state index in [0.717, 1.165) is 41.9 Å². The number of nitrogens with one attached hydrogen (secondary N) is 1. The Kier molecular flexibility index (Phi) is 6.38. The van der Waals surface area contributed by atoms with Gasteiger partial charge in [-0.25, -0.2) is 4.79 Å². The first-order valence-electron chi connectivity index (χ1n) is 8.54. The fraction of sp³-hybridized carbons (Fsp3) is 0.562. The number of aliphatic hydroxyl groups is 1. The molecule has 0 bridgehead atoms. The van der Waals surface area contributed by atoms with Gasteiger partial charge in [0.25, 0.3) is 0 Å². The zero-order valence-corrected chi connectivity index (χ0v) is 16.2. The van der Waals surface area contributed by atoms with Crippen LogP contribution in [0.3, 0.4) is 0 Å². The maximum absolute atomic E-state index is 12.4. The van der Waals surface area contributed by atoms with Gasteiger partial charge in [0.15, 0.2) is 0 Å². The summed E-state index contributed by atoms with van der Waals surface area (Å²) in [7, 11) is 0. The molecule has 0 aromatic carbocycles. The fourth-order valence-corrected chi connectivity index (χ4v) is 4.45. The molecule has 1 amide bonds. The molecule has 0 saturated carbocycles. The third-order valence-corrected chi connectivity index (χ3v) is 5.87. The summed E-state index contributed by atoms with van der Waals surface area (Å²) >= 11 is 2.61. The van der Waals surface area contributed by atoms with Crippen molar-refractivity contribution < 1.29 is 9.90 Å². The molecule has 2 N–H and O–H groups in total. The molecular formula is C16H21N5O3S2. The zero-order valence-electron chi connectivity index (χ0n) is 14.5. The molecule has 8 nitrogen and oxygen atoms in total. The van der Waals surface area contributed by atoms with Crippen LogP contribution in [0, 0.1) is 6.92 Å². The van der Waals surface area contributed by atoms with E-state index >= 15 is 0 Å². The van der Waals surface area contributed by atoms with Crippen molar-refractivity contribution in [3.8, 4) is 0 Å². The fourth-order valence-electron chi connectivity index (χ4n) is 2.96. The summed E-state index contributed by atoms with van der Waals surface area (Å²) in [4.78, 5) is 28.7. The molecule has 0 aliphatic heterocycles. The van der Waals surface area contributed by atoms with E-state index in [-0.39, 0.29) is 24.0 Å². The molecule has 26 heavy (non-hydrogen) atoms. The molecule has 2 heterocycles. The van der Waals surface area contributed by atoms with Crippen molar-refractivity contribution in [1.82, 2.24) is 19.7 Å². The van der Waals surface area contributed by atoms with Crippen LogP contribution in [-0.4, -0.2) is 43.1 Å². The molecule has 0 radical (unpaired) electrons. The van der Waals surface area contributed by atoms with Gasteiger partial charge in [-0.2, -0.15) is 4.98 Å². The van der Waals surface area contributed by atoms with Gasteiger partial charge in [0, 0.05) is 24.4 Å². The Morgan fingerprint density at radius 3 is 2.88 bits per heavy atom. The van der Waals surface area contributed by atoms with E-state index < -0.39 is 0 Å². The number of aromatic nitrogens is 4. The first-order valence-corrected chi connectivity index (χ1v) is 10.3. The Labute approximate surface area is 159 Å². The van der Waals surface area contributed by atoms with Crippen LogP contribution in [0.1, 0.15) is 35.5 Å². The Morgan fingerprint density at radius 2 is 2.15 bits per heavy atom. The third-order valence-electron chi connectivity index (χ3n) is 4.10. The predicted molar refractivity (Wildman–Crippen MR) is 101 cm³/mol. The molecule has 3 rings (SSSR count). The van der Waals surface area contributed by atoms with Gasteiger partial charge in [0.05, 0.1) is 5.75 Å². The first kappa shape index (κ1) is 19.0. The topological polar surface area (TPSA) is 110 Å². The lowest BCUT2D eigenvalue weighted by Gasteiger charge is -2.22. The largest absolute Gasteiger partial charge is 0.396 e. The molecule has 0 unspecified atom stereocenters. The molecule has 1 aliphatic rings. The summed E-state index contributed by atoms with van der Waals surface area (Å²) in [6.45, 7) is 2.35. The van der Waals surface area contributed by atoms with E-state index in [1.165, 1.54) is 23.1 Å².